The predicted octanol–water partition coefficient (Wildman–Crippen LogP) is 1.65. The summed E-state index contributed by atoms with van der Waals surface area (Å²) < 4.78 is 0. The molecule has 0 amide bonds. The average Bonchev–Trinajstić information content (AvgIpc) is 2.35. The van der Waals surface area contributed by atoms with E-state index < -0.39 is 11.6 Å². The molecule has 0 spiro atoms. The zero-order valence-corrected chi connectivity index (χ0v) is 8.29. The number of carboxylic acid groups (broad SMARTS) is 1. The van der Waals surface area contributed by atoms with Gasteiger partial charge in [0.1, 0.15) is 0 Å². The van der Waals surface area contributed by atoms with Crippen molar-refractivity contribution in [1.82, 2.24) is 0 Å². The molecule has 2 unspecified atom stereocenters. The maximum absolute atomic E-state index is 10.8. The first-order valence-electron chi connectivity index (χ1n) is 4.98. The fourth-order valence-electron chi connectivity index (χ4n) is 2.34. The van der Waals surface area contributed by atoms with Crippen LogP contribution in [0.1, 0.15) is 39.5 Å². The number of hydrogen-bond donors (Lipinski definition) is 2. The maximum Gasteiger partial charge on any atom is 0.335 e. The van der Waals surface area contributed by atoms with E-state index in [4.69, 9.17) is 5.11 Å². The fraction of sp³-hybridized carbons (Fsp3) is 0.900. The van der Waals surface area contributed by atoms with Crippen LogP contribution in [0.3, 0.4) is 0 Å². The molecule has 1 aliphatic carbocycles. The first-order valence-corrected chi connectivity index (χ1v) is 4.98. The fourth-order valence-corrected chi connectivity index (χ4v) is 2.34. The van der Waals surface area contributed by atoms with Gasteiger partial charge in [-0.15, -0.1) is 0 Å². The van der Waals surface area contributed by atoms with Crippen LogP contribution >= 0.6 is 0 Å². The Bertz CT molecular complexity index is 202. The minimum atomic E-state index is -1.46. The lowest BCUT2D eigenvalue weighted by molar-refractivity contribution is -0.162. The van der Waals surface area contributed by atoms with Crippen molar-refractivity contribution in [3.05, 3.63) is 0 Å². The molecule has 0 aromatic heterocycles. The zero-order chi connectivity index (χ0) is 10.1. The normalized spacial score (nSPS) is 39.3. The SMILES string of the molecule is CCCC1CC[C@](O)(C(=O)O)C1C. The molecular formula is C10H18O3. The molecule has 0 bridgehead atoms. The van der Waals surface area contributed by atoms with Crippen LogP contribution in [0, 0.1) is 11.8 Å². The Hall–Kier alpha value is -0.570. The number of rotatable bonds is 3. The smallest absolute Gasteiger partial charge is 0.335 e. The van der Waals surface area contributed by atoms with Gasteiger partial charge in [0.05, 0.1) is 0 Å². The van der Waals surface area contributed by atoms with Gasteiger partial charge < -0.3 is 10.2 Å². The van der Waals surface area contributed by atoms with Crippen molar-refractivity contribution in [2.24, 2.45) is 11.8 Å². The molecule has 0 aromatic rings. The van der Waals surface area contributed by atoms with Gasteiger partial charge in [-0.3, -0.25) is 0 Å². The van der Waals surface area contributed by atoms with Gasteiger partial charge >= 0.3 is 5.97 Å². The minimum absolute atomic E-state index is 0.107. The minimum Gasteiger partial charge on any atom is -0.479 e. The molecule has 0 heterocycles. The highest BCUT2D eigenvalue weighted by atomic mass is 16.4. The second-order valence-electron chi connectivity index (χ2n) is 4.11. The molecule has 3 nitrogen and oxygen atoms in total. The van der Waals surface area contributed by atoms with Crippen LogP contribution in [-0.4, -0.2) is 21.8 Å². The topological polar surface area (TPSA) is 57.5 Å². The monoisotopic (exact) mass is 186 g/mol. The first-order chi connectivity index (χ1) is 6.02. The molecule has 1 saturated carbocycles. The van der Waals surface area contributed by atoms with Crippen molar-refractivity contribution in [3.8, 4) is 0 Å². The van der Waals surface area contributed by atoms with Crippen LogP contribution in [0.5, 0.6) is 0 Å². The summed E-state index contributed by atoms with van der Waals surface area (Å²) >= 11 is 0. The van der Waals surface area contributed by atoms with Gasteiger partial charge in [-0.2, -0.15) is 0 Å². The van der Waals surface area contributed by atoms with Gasteiger partial charge in [-0.1, -0.05) is 26.7 Å². The van der Waals surface area contributed by atoms with Crippen LogP contribution < -0.4 is 0 Å². The van der Waals surface area contributed by atoms with Gasteiger partial charge in [-0.05, 0) is 24.7 Å². The molecule has 76 valence electrons. The number of aliphatic hydroxyl groups is 1. The van der Waals surface area contributed by atoms with Crippen molar-refractivity contribution in [2.75, 3.05) is 0 Å². The molecule has 0 radical (unpaired) electrons. The molecular weight excluding hydrogens is 168 g/mol. The quantitative estimate of drug-likeness (QED) is 0.704. The molecule has 3 heteroatoms. The Morgan fingerprint density at radius 3 is 2.62 bits per heavy atom. The van der Waals surface area contributed by atoms with E-state index in [-0.39, 0.29) is 5.92 Å². The number of hydrogen-bond acceptors (Lipinski definition) is 2. The van der Waals surface area contributed by atoms with E-state index in [2.05, 4.69) is 6.92 Å². The van der Waals surface area contributed by atoms with Crippen LogP contribution in [0.25, 0.3) is 0 Å². The van der Waals surface area contributed by atoms with Crippen molar-refractivity contribution < 1.29 is 15.0 Å². The molecule has 1 aliphatic rings. The number of carboxylic acids is 1. The summed E-state index contributed by atoms with van der Waals surface area (Å²) in [6.07, 6.45) is 3.34. The van der Waals surface area contributed by atoms with Crippen molar-refractivity contribution >= 4 is 5.97 Å². The van der Waals surface area contributed by atoms with Crippen LogP contribution in [0.4, 0.5) is 0 Å². The Morgan fingerprint density at radius 1 is 1.62 bits per heavy atom. The number of aliphatic carboxylic acids is 1. The molecule has 1 rings (SSSR count). The first kappa shape index (κ1) is 10.5. The van der Waals surface area contributed by atoms with E-state index in [1.165, 1.54) is 0 Å². The molecule has 0 aromatic carbocycles. The Kier molecular flexibility index (Phi) is 2.96. The lowest BCUT2D eigenvalue weighted by atomic mass is 9.85. The second-order valence-corrected chi connectivity index (χ2v) is 4.11. The lowest BCUT2D eigenvalue weighted by Crippen LogP contribution is -2.42. The van der Waals surface area contributed by atoms with Gasteiger partial charge in [0.2, 0.25) is 0 Å². The summed E-state index contributed by atoms with van der Waals surface area (Å²) in [4.78, 5) is 10.8. The molecule has 13 heavy (non-hydrogen) atoms. The third kappa shape index (κ3) is 1.70. The highest BCUT2D eigenvalue weighted by Gasteiger charge is 2.49. The van der Waals surface area contributed by atoms with Crippen molar-refractivity contribution in [1.29, 1.82) is 0 Å². The highest BCUT2D eigenvalue weighted by molar-refractivity contribution is 5.78. The second kappa shape index (κ2) is 3.66. The van der Waals surface area contributed by atoms with Crippen molar-refractivity contribution in [2.45, 2.75) is 45.1 Å². The van der Waals surface area contributed by atoms with Crippen LogP contribution in [0.2, 0.25) is 0 Å². The van der Waals surface area contributed by atoms with Gasteiger partial charge in [0, 0.05) is 0 Å². The highest BCUT2D eigenvalue weighted by Crippen LogP contribution is 2.42. The lowest BCUT2D eigenvalue weighted by Gasteiger charge is -2.25. The van der Waals surface area contributed by atoms with Crippen LogP contribution in [0.15, 0.2) is 0 Å². The summed E-state index contributed by atoms with van der Waals surface area (Å²) in [7, 11) is 0. The summed E-state index contributed by atoms with van der Waals surface area (Å²) in [5, 5.41) is 18.7. The van der Waals surface area contributed by atoms with Crippen LogP contribution in [-0.2, 0) is 4.79 Å². The molecule has 0 aliphatic heterocycles. The summed E-state index contributed by atoms with van der Waals surface area (Å²) in [6, 6.07) is 0. The zero-order valence-electron chi connectivity index (χ0n) is 8.29. The molecule has 0 saturated heterocycles. The molecule has 1 fully saturated rings. The molecule has 2 N–H and O–H groups in total. The van der Waals surface area contributed by atoms with E-state index in [1.54, 1.807) is 0 Å². The van der Waals surface area contributed by atoms with E-state index in [0.717, 1.165) is 19.3 Å². The van der Waals surface area contributed by atoms with Gasteiger partial charge in [-0.25, -0.2) is 4.79 Å². The summed E-state index contributed by atoms with van der Waals surface area (Å²) in [5.74, 6) is -0.783. The maximum atomic E-state index is 10.8. The van der Waals surface area contributed by atoms with E-state index in [1.807, 2.05) is 6.92 Å². The Morgan fingerprint density at radius 2 is 2.23 bits per heavy atom. The van der Waals surface area contributed by atoms with E-state index >= 15 is 0 Å². The van der Waals surface area contributed by atoms with E-state index in [9.17, 15) is 9.90 Å². The third-order valence-electron chi connectivity index (χ3n) is 3.39. The number of carbonyl (C=O) groups is 1. The van der Waals surface area contributed by atoms with Crippen molar-refractivity contribution in [3.63, 3.8) is 0 Å². The summed E-state index contributed by atoms with van der Waals surface area (Å²) in [6.45, 7) is 3.94. The van der Waals surface area contributed by atoms with Gasteiger partial charge in [0.15, 0.2) is 5.60 Å². The predicted molar refractivity (Wildman–Crippen MR) is 49.4 cm³/mol. The molecule has 3 atom stereocenters. The Labute approximate surface area is 78.8 Å². The largest absolute Gasteiger partial charge is 0.479 e. The third-order valence-corrected chi connectivity index (χ3v) is 3.39. The average molecular weight is 186 g/mol. The summed E-state index contributed by atoms with van der Waals surface area (Å²) in [5.41, 5.74) is -1.46. The standard InChI is InChI=1S/C10H18O3/c1-3-4-8-5-6-10(13,7(8)2)9(11)12/h7-8,13H,3-6H2,1-2H3,(H,11,12)/t7?,8?,10-/m1/s1. The Balaban J connectivity index is 2.69. The van der Waals surface area contributed by atoms with E-state index in [0.29, 0.717) is 12.3 Å². The van der Waals surface area contributed by atoms with Gasteiger partial charge in [0.25, 0.3) is 0 Å².